The van der Waals surface area contributed by atoms with Crippen LogP contribution in [0.1, 0.15) is 5.69 Å². The summed E-state index contributed by atoms with van der Waals surface area (Å²) in [7, 11) is 4.66. The lowest BCUT2D eigenvalue weighted by Crippen LogP contribution is -2.00. The van der Waals surface area contributed by atoms with Gasteiger partial charge in [0.25, 0.3) is 0 Å². The van der Waals surface area contributed by atoms with Crippen LogP contribution in [0.25, 0.3) is 0 Å². The van der Waals surface area contributed by atoms with E-state index < -0.39 is 0 Å². The molecule has 2 aromatic rings. The molecule has 0 bridgehead atoms. The van der Waals surface area contributed by atoms with Crippen molar-refractivity contribution in [1.82, 2.24) is 4.98 Å². The summed E-state index contributed by atoms with van der Waals surface area (Å²) in [5, 5.41) is 0.431. The molecule has 1 aromatic carbocycles. The summed E-state index contributed by atoms with van der Waals surface area (Å²) in [5.74, 6) is 2.18. The number of rotatable bonds is 6. The number of ether oxygens (including phenoxy) is 4. The molecule has 0 atom stereocenters. The number of pyridine rings is 1. The second-order valence-electron chi connectivity index (χ2n) is 4.10. The number of hydrogen-bond acceptors (Lipinski definition) is 5. The van der Waals surface area contributed by atoms with Gasteiger partial charge in [0.1, 0.15) is 17.5 Å². The van der Waals surface area contributed by atoms with Crippen molar-refractivity contribution in [2.24, 2.45) is 0 Å². The van der Waals surface area contributed by atoms with Gasteiger partial charge >= 0.3 is 0 Å². The molecule has 0 aliphatic carbocycles. The molecular formula is C15H16ClNO4. The fraction of sp³-hybridized carbons (Fsp3) is 0.267. The lowest BCUT2D eigenvalue weighted by molar-refractivity contribution is 0.288. The van der Waals surface area contributed by atoms with Gasteiger partial charge in [-0.15, -0.1) is 0 Å². The minimum Gasteiger partial charge on any atom is -0.493 e. The monoisotopic (exact) mass is 309 g/mol. The molecule has 21 heavy (non-hydrogen) atoms. The second kappa shape index (κ2) is 7.04. The fourth-order valence-corrected chi connectivity index (χ4v) is 2.01. The number of aromatic nitrogens is 1. The predicted octanol–water partition coefficient (Wildman–Crippen LogP) is 3.34. The highest BCUT2D eigenvalue weighted by molar-refractivity contribution is 6.29. The van der Waals surface area contributed by atoms with Crippen molar-refractivity contribution in [3.05, 3.63) is 41.2 Å². The van der Waals surface area contributed by atoms with Gasteiger partial charge in [-0.2, -0.15) is 0 Å². The average Bonchev–Trinajstić information content (AvgIpc) is 2.51. The minimum atomic E-state index is 0.291. The number of benzene rings is 1. The zero-order valence-corrected chi connectivity index (χ0v) is 12.8. The SMILES string of the molecule is COc1cc(OCc2cccc(Cl)n2)cc(OC)c1OC. The van der Waals surface area contributed by atoms with Crippen LogP contribution in [0.15, 0.2) is 30.3 Å². The minimum absolute atomic E-state index is 0.291. The number of nitrogens with zero attached hydrogens (tertiary/aromatic N) is 1. The molecule has 0 radical (unpaired) electrons. The molecule has 2 rings (SSSR count). The van der Waals surface area contributed by atoms with E-state index in [1.54, 1.807) is 39.5 Å². The Kier molecular flexibility index (Phi) is 5.11. The average molecular weight is 310 g/mol. The molecule has 0 N–H and O–H groups in total. The van der Waals surface area contributed by atoms with Gasteiger partial charge in [0.15, 0.2) is 11.5 Å². The van der Waals surface area contributed by atoms with E-state index in [0.29, 0.717) is 34.8 Å². The van der Waals surface area contributed by atoms with Crippen LogP contribution in [-0.4, -0.2) is 26.3 Å². The van der Waals surface area contributed by atoms with E-state index in [4.69, 9.17) is 30.5 Å². The van der Waals surface area contributed by atoms with Crippen LogP contribution in [0.3, 0.4) is 0 Å². The smallest absolute Gasteiger partial charge is 0.203 e. The van der Waals surface area contributed by atoms with Crippen LogP contribution in [0.4, 0.5) is 0 Å². The van der Waals surface area contributed by atoms with Crippen LogP contribution < -0.4 is 18.9 Å². The van der Waals surface area contributed by atoms with Crippen molar-refractivity contribution in [3.63, 3.8) is 0 Å². The molecule has 0 amide bonds. The molecule has 0 fully saturated rings. The van der Waals surface area contributed by atoms with Gasteiger partial charge in [-0.05, 0) is 12.1 Å². The van der Waals surface area contributed by atoms with Crippen LogP contribution in [0.5, 0.6) is 23.0 Å². The summed E-state index contributed by atoms with van der Waals surface area (Å²) in [5.41, 5.74) is 0.733. The van der Waals surface area contributed by atoms with E-state index in [9.17, 15) is 0 Å². The number of hydrogen-bond donors (Lipinski definition) is 0. The highest BCUT2D eigenvalue weighted by Crippen LogP contribution is 2.40. The predicted molar refractivity (Wildman–Crippen MR) is 79.7 cm³/mol. The maximum absolute atomic E-state index is 5.84. The van der Waals surface area contributed by atoms with E-state index >= 15 is 0 Å². The van der Waals surface area contributed by atoms with Crippen molar-refractivity contribution < 1.29 is 18.9 Å². The Bertz CT molecular complexity index is 593. The zero-order valence-electron chi connectivity index (χ0n) is 12.1. The molecule has 0 aliphatic heterocycles. The summed E-state index contributed by atoms with van der Waals surface area (Å²) < 4.78 is 21.5. The molecule has 1 aromatic heterocycles. The quantitative estimate of drug-likeness (QED) is 0.766. The molecule has 1 heterocycles. The van der Waals surface area contributed by atoms with Crippen LogP contribution >= 0.6 is 11.6 Å². The van der Waals surface area contributed by atoms with E-state index in [1.165, 1.54) is 0 Å². The molecule has 0 aliphatic rings. The third-order valence-corrected chi connectivity index (χ3v) is 3.01. The highest BCUT2D eigenvalue weighted by Gasteiger charge is 2.14. The summed E-state index contributed by atoms with van der Waals surface area (Å²) in [4.78, 5) is 4.16. The van der Waals surface area contributed by atoms with Crippen molar-refractivity contribution in [2.75, 3.05) is 21.3 Å². The summed E-state index contributed by atoms with van der Waals surface area (Å²) in [6.45, 7) is 0.291. The molecule has 0 saturated heterocycles. The first-order valence-electron chi connectivity index (χ1n) is 6.22. The first-order valence-corrected chi connectivity index (χ1v) is 6.60. The zero-order chi connectivity index (χ0) is 15.2. The lowest BCUT2D eigenvalue weighted by Gasteiger charge is -2.14. The molecule has 112 valence electrons. The normalized spacial score (nSPS) is 10.1. The van der Waals surface area contributed by atoms with E-state index in [2.05, 4.69) is 4.98 Å². The molecular weight excluding hydrogens is 294 g/mol. The molecule has 0 saturated carbocycles. The maximum atomic E-state index is 5.84. The second-order valence-corrected chi connectivity index (χ2v) is 4.49. The van der Waals surface area contributed by atoms with Crippen molar-refractivity contribution >= 4 is 11.6 Å². The van der Waals surface area contributed by atoms with E-state index in [1.807, 2.05) is 12.1 Å². The molecule has 0 unspecified atom stereocenters. The van der Waals surface area contributed by atoms with Crippen molar-refractivity contribution in [2.45, 2.75) is 6.61 Å². The fourth-order valence-electron chi connectivity index (χ4n) is 1.83. The van der Waals surface area contributed by atoms with Crippen LogP contribution in [0, 0.1) is 0 Å². The number of methoxy groups -OCH3 is 3. The Labute approximate surface area is 128 Å². The van der Waals surface area contributed by atoms with Gasteiger partial charge in [0.05, 0.1) is 27.0 Å². The van der Waals surface area contributed by atoms with Gasteiger partial charge in [-0.3, -0.25) is 0 Å². The van der Waals surface area contributed by atoms with Crippen LogP contribution in [0.2, 0.25) is 5.15 Å². The summed E-state index contributed by atoms with van der Waals surface area (Å²) in [6, 6.07) is 8.83. The first-order chi connectivity index (χ1) is 10.2. The Morgan fingerprint density at radius 1 is 1.00 bits per heavy atom. The summed E-state index contributed by atoms with van der Waals surface area (Å²) >= 11 is 5.84. The first kappa shape index (κ1) is 15.3. The van der Waals surface area contributed by atoms with Crippen molar-refractivity contribution in [1.29, 1.82) is 0 Å². The molecule has 6 heteroatoms. The van der Waals surface area contributed by atoms with E-state index in [0.717, 1.165) is 5.69 Å². The standard InChI is InChI=1S/C15H16ClNO4/c1-18-12-7-11(8-13(19-2)15(12)20-3)21-9-10-5-4-6-14(16)17-10/h4-8H,9H2,1-3H3. The molecule has 5 nitrogen and oxygen atoms in total. The van der Waals surface area contributed by atoms with Gasteiger partial charge in [0.2, 0.25) is 5.75 Å². The Morgan fingerprint density at radius 3 is 2.19 bits per heavy atom. The van der Waals surface area contributed by atoms with E-state index in [-0.39, 0.29) is 0 Å². The van der Waals surface area contributed by atoms with Crippen LogP contribution in [-0.2, 0) is 6.61 Å². The highest BCUT2D eigenvalue weighted by atomic mass is 35.5. The molecule has 0 spiro atoms. The third kappa shape index (κ3) is 3.70. The van der Waals surface area contributed by atoms with Gasteiger partial charge < -0.3 is 18.9 Å². The van der Waals surface area contributed by atoms with Gasteiger partial charge in [-0.25, -0.2) is 4.98 Å². The third-order valence-electron chi connectivity index (χ3n) is 2.80. The number of halogens is 1. The van der Waals surface area contributed by atoms with Crippen molar-refractivity contribution in [3.8, 4) is 23.0 Å². The lowest BCUT2D eigenvalue weighted by atomic mass is 10.2. The van der Waals surface area contributed by atoms with Gasteiger partial charge in [0, 0.05) is 12.1 Å². The summed E-state index contributed by atoms with van der Waals surface area (Å²) in [6.07, 6.45) is 0. The largest absolute Gasteiger partial charge is 0.493 e. The van der Waals surface area contributed by atoms with Gasteiger partial charge in [-0.1, -0.05) is 17.7 Å². The Morgan fingerprint density at radius 2 is 1.67 bits per heavy atom. The topological polar surface area (TPSA) is 49.8 Å². The maximum Gasteiger partial charge on any atom is 0.203 e. The Balaban J connectivity index is 2.20. The Hall–Kier alpha value is -2.14.